The molecule has 1 aliphatic heterocycles. The van der Waals surface area contributed by atoms with E-state index in [9.17, 15) is 0 Å². The van der Waals surface area contributed by atoms with Crippen molar-refractivity contribution in [1.82, 2.24) is 0 Å². The molecule has 3 rings (SSSR count). The second kappa shape index (κ2) is 15.9. The first-order valence-corrected chi connectivity index (χ1v) is 12.0. The topological polar surface area (TPSA) is 45.8 Å². The quantitative estimate of drug-likeness (QED) is 0.709. The van der Waals surface area contributed by atoms with Crippen LogP contribution in [-0.4, -0.2) is 79.0 Å². The summed E-state index contributed by atoms with van der Waals surface area (Å²) in [6.07, 6.45) is 0. The van der Waals surface area contributed by atoms with Crippen LogP contribution < -0.4 is 9.80 Å². The van der Waals surface area contributed by atoms with Gasteiger partial charge in [-0.25, -0.2) is 0 Å². The van der Waals surface area contributed by atoms with Gasteiger partial charge in [0.25, 0.3) is 0 Å². The van der Waals surface area contributed by atoms with Gasteiger partial charge in [0.1, 0.15) is 39.3 Å². The molecule has 1 saturated heterocycles. The van der Waals surface area contributed by atoms with Crippen LogP contribution in [-0.2, 0) is 32.0 Å². The number of quaternary nitrogens is 2. The van der Waals surface area contributed by atoms with E-state index in [1.807, 2.05) is 0 Å². The van der Waals surface area contributed by atoms with Gasteiger partial charge in [-0.2, -0.15) is 0 Å². The minimum Gasteiger partial charge on any atom is -0.373 e. The molecule has 0 amide bonds. The lowest BCUT2D eigenvalue weighted by Gasteiger charge is -2.21. The van der Waals surface area contributed by atoms with Crippen molar-refractivity contribution in [3.05, 3.63) is 71.8 Å². The molecule has 0 aliphatic carbocycles. The van der Waals surface area contributed by atoms with Crippen LogP contribution in [0.2, 0.25) is 0 Å². The van der Waals surface area contributed by atoms with E-state index < -0.39 is 0 Å². The van der Waals surface area contributed by atoms with E-state index in [4.69, 9.17) is 18.9 Å². The second-order valence-corrected chi connectivity index (χ2v) is 8.27. The monoisotopic (exact) mass is 444 g/mol. The van der Waals surface area contributed by atoms with Gasteiger partial charge in [0.2, 0.25) is 0 Å². The fourth-order valence-electron chi connectivity index (χ4n) is 3.88. The van der Waals surface area contributed by atoms with Crippen molar-refractivity contribution in [3.8, 4) is 0 Å². The van der Waals surface area contributed by atoms with E-state index in [0.717, 1.165) is 65.7 Å². The Bertz CT molecular complexity index is 620. The highest BCUT2D eigenvalue weighted by Gasteiger charge is 2.12. The summed E-state index contributed by atoms with van der Waals surface area (Å²) >= 11 is 0. The van der Waals surface area contributed by atoms with Crippen LogP contribution in [0.1, 0.15) is 11.1 Å². The van der Waals surface area contributed by atoms with Gasteiger partial charge in [-0.3, -0.25) is 0 Å². The molecule has 2 aromatic carbocycles. The Labute approximate surface area is 193 Å². The Balaban J connectivity index is 1.43. The number of ether oxygens (including phenoxy) is 4. The molecule has 2 N–H and O–H groups in total. The lowest BCUT2D eigenvalue weighted by Crippen LogP contribution is -3.11. The van der Waals surface area contributed by atoms with E-state index in [2.05, 4.69) is 60.7 Å². The van der Waals surface area contributed by atoms with E-state index in [1.165, 1.54) is 20.9 Å². The number of hydrogen-bond acceptors (Lipinski definition) is 4. The van der Waals surface area contributed by atoms with E-state index >= 15 is 0 Å². The van der Waals surface area contributed by atoms with Crippen LogP contribution in [0.15, 0.2) is 60.7 Å². The Morgan fingerprint density at radius 2 is 0.750 bits per heavy atom. The first kappa shape index (κ1) is 24.8. The first-order chi connectivity index (χ1) is 15.9. The maximum atomic E-state index is 5.86. The highest BCUT2D eigenvalue weighted by Crippen LogP contribution is 1.96. The predicted octanol–water partition coefficient (Wildman–Crippen LogP) is 0.237. The van der Waals surface area contributed by atoms with Crippen molar-refractivity contribution >= 4 is 0 Å². The standard InChI is InChI=1S/C26H38N2O4/c1-3-7-25(8-4-1)23-27-11-15-29-19-21-31-17-13-28(24-26-9-5-2-6-10-26)14-18-32-22-20-30-16-12-27/h1-10H,11-24H2/p+2. The maximum Gasteiger partial charge on any atom is 0.103 e. The van der Waals surface area contributed by atoms with Crippen LogP contribution in [0.3, 0.4) is 0 Å². The van der Waals surface area contributed by atoms with Crippen molar-refractivity contribution in [2.24, 2.45) is 0 Å². The van der Waals surface area contributed by atoms with E-state index in [-0.39, 0.29) is 0 Å². The Morgan fingerprint density at radius 3 is 1.06 bits per heavy atom. The summed E-state index contributed by atoms with van der Waals surface area (Å²) < 4.78 is 23.4. The third kappa shape index (κ3) is 10.7. The van der Waals surface area contributed by atoms with Gasteiger partial charge in [-0.15, -0.1) is 0 Å². The largest absolute Gasteiger partial charge is 0.373 e. The Hall–Kier alpha value is -1.80. The predicted molar refractivity (Wildman–Crippen MR) is 125 cm³/mol. The number of benzene rings is 2. The van der Waals surface area contributed by atoms with Gasteiger partial charge in [0.05, 0.1) is 52.9 Å². The molecule has 0 saturated carbocycles. The number of nitrogens with one attached hydrogen (secondary N) is 2. The lowest BCUT2D eigenvalue weighted by molar-refractivity contribution is -0.915. The van der Waals surface area contributed by atoms with Gasteiger partial charge in [-0.05, 0) is 0 Å². The molecule has 1 fully saturated rings. The van der Waals surface area contributed by atoms with E-state index in [0.29, 0.717) is 26.4 Å². The summed E-state index contributed by atoms with van der Waals surface area (Å²) in [6, 6.07) is 21.3. The molecule has 0 atom stereocenters. The van der Waals surface area contributed by atoms with Crippen molar-refractivity contribution in [2.45, 2.75) is 13.1 Å². The van der Waals surface area contributed by atoms with Gasteiger partial charge in [0.15, 0.2) is 0 Å². The molecule has 0 unspecified atom stereocenters. The normalized spacial score (nSPS) is 23.1. The molecule has 6 nitrogen and oxygen atoms in total. The molecule has 0 radical (unpaired) electrons. The molecule has 2 aromatic rings. The van der Waals surface area contributed by atoms with Crippen molar-refractivity contribution in [3.63, 3.8) is 0 Å². The summed E-state index contributed by atoms with van der Waals surface area (Å²) in [6.45, 7) is 11.3. The molecular weight excluding hydrogens is 404 g/mol. The zero-order valence-corrected chi connectivity index (χ0v) is 19.3. The third-order valence-corrected chi connectivity index (χ3v) is 5.74. The van der Waals surface area contributed by atoms with Crippen LogP contribution in [0.5, 0.6) is 0 Å². The highest BCUT2D eigenvalue weighted by atomic mass is 16.5. The first-order valence-electron chi connectivity index (χ1n) is 12.0. The molecule has 6 heteroatoms. The zero-order chi connectivity index (χ0) is 22.1. The van der Waals surface area contributed by atoms with E-state index in [1.54, 1.807) is 0 Å². The minimum atomic E-state index is 0.645. The summed E-state index contributed by atoms with van der Waals surface area (Å²) in [5.41, 5.74) is 2.69. The maximum absolute atomic E-state index is 5.86. The van der Waals surface area contributed by atoms with Gasteiger partial charge in [-0.1, -0.05) is 60.7 Å². The fourth-order valence-corrected chi connectivity index (χ4v) is 3.88. The summed E-state index contributed by atoms with van der Waals surface area (Å²) in [5.74, 6) is 0. The molecule has 0 spiro atoms. The van der Waals surface area contributed by atoms with Gasteiger partial charge < -0.3 is 28.7 Å². The molecular formula is C26H40N2O4+2. The highest BCUT2D eigenvalue weighted by molar-refractivity contribution is 5.13. The van der Waals surface area contributed by atoms with Crippen LogP contribution in [0, 0.1) is 0 Å². The summed E-state index contributed by atoms with van der Waals surface area (Å²) in [7, 11) is 0. The molecule has 1 heterocycles. The number of rotatable bonds is 4. The van der Waals surface area contributed by atoms with Crippen molar-refractivity contribution < 1.29 is 28.7 Å². The van der Waals surface area contributed by atoms with Crippen molar-refractivity contribution in [2.75, 3.05) is 79.0 Å². The molecule has 176 valence electrons. The third-order valence-electron chi connectivity index (χ3n) is 5.74. The fraction of sp³-hybridized carbons (Fsp3) is 0.538. The minimum absolute atomic E-state index is 0.645. The molecule has 0 aromatic heterocycles. The smallest absolute Gasteiger partial charge is 0.103 e. The average molecular weight is 445 g/mol. The Morgan fingerprint density at radius 1 is 0.438 bits per heavy atom. The summed E-state index contributed by atoms with van der Waals surface area (Å²) in [5, 5.41) is 0. The SMILES string of the molecule is c1ccc(C[NH+]2CCOCCOCC[NH+](Cc3ccccc3)CCOCCOCC2)cc1. The lowest BCUT2D eigenvalue weighted by atomic mass is 10.2. The zero-order valence-electron chi connectivity index (χ0n) is 19.3. The second-order valence-electron chi connectivity index (χ2n) is 8.27. The van der Waals surface area contributed by atoms with Crippen LogP contribution in [0.4, 0.5) is 0 Å². The average Bonchev–Trinajstić information content (AvgIpc) is 2.82. The Kier molecular flexibility index (Phi) is 12.3. The van der Waals surface area contributed by atoms with Crippen molar-refractivity contribution in [1.29, 1.82) is 0 Å². The van der Waals surface area contributed by atoms with Gasteiger partial charge in [0, 0.05) is 11.1 Å². The van der Waals surface area contributed by atoms with Crippen LogP contribution in [0.25, 0.3) is 0 Å². The number of hydrogen-bond donors (Lipinski definition) is 2. The summed E-state index contributed by atoms with van der Waals surface area (Å²) in [4.78, 5) is 2.94. The van der Waals surface area contributed by atoms with Gasteiger partial charge >= 0.3 is 0 Å². The molecule has 32 heavy (non-hydrogen) atoms. The molecule has 0 bridgehead atoms. The molecule has 1 aliphatic rings. The van der Waals surface area contributed by atoms with Crippen LogP contribution >= 0.6 is 0 Å².